The molecule has 106 valence electrons. The van der Waals surface area contributed by atoms with E-state index in [1.807, 2.05) is 6.92 Å². The van der Waals surface area contributed by atoms with Crippen molar-refractivity contribution >= 4 is 23.2 Å². The summed E-state index contributed by atoms with van der Waals surface area (Å²) in [5.74, 6) is -1.53. The molecule has 0 saturated carbocycles. The molecule has 1 aromatic heterocycles. The van der Waals surface area contributed by atoms with Gasteiger partial charge in [-0.2, -0.15) is 0 Å². The van der Waals surface area contributed by atoms with E-state index >= 15 is 0 Å². The summed E-state index contributed by atoms with van der Waals surface area (Å²) in [6, 6.07) is -1.05. The van der Waals surface area contributed by atoms with Crippen molar-refractivity contribution in [3.8, 4) is 0 Å². The molecule has 1 unspecified atom stereocenters. The van der Waals surface area contributed by atoms with Crippen molar-refractivity contribution in [3.63, 3.8) is 0 Å². The van der Waals surface area contributed by atoms with Gasteiger partial charge in [0.1, 0.15) is 4.88 Å². The number of nitrogens with one attached hydrogen (secondary N) is 1. The Morgan fingerprint density at radius 3 is 2.74 bits per heavy atom. The monoisotopic (exact) mass is 286 g/mol. The quantitative estimate of drug-likeness (QED) is 0.787. The Morgan fingerprint density at radius 1 is 1.53 bits per heavy atom. The number of hydrogen-bond acceptors (Lipinski definition) is 5. The molecule has 1 heterocycles. The average Bonchev–Trinajstić information content (AvgIpc) is 2.70. The highest BCUT2D eigenvalue weighted by Crippen LogP contribution is 2.19. The Morgan fingerprint density at radius 2 is 2.21 bits per heavy atom. The molecule has 0 radical (unpaired) electrons. The number of carbonyl (C=O) groups excluding carboxylic acids is 1. The first kappa shape index (κ1) is 15.6. The molecule has 1 amide bonds. The van der Waals surface area contributed by atoms with E-state index in [9.17, 15) is 9.59 Å². The maximum atomic E-state index is 12.0. The van der Waals surface area contributed by atoms with Crippen molar-refractivity contribution < 1.29 is 19.4 Å². The van der Waals surface area contributed by atoms with Crippen LogP contribution in [-0.2, 0) is 16.0 Å². The lowest BCUT2D eigenvalue weighted by atomic mass is 10.3. The van der Waals surface area contributed by atoms with E-state index in [4.69, 9.17) is 9.84 Å². The van der Waals surface area contributed by atoms with Crippen LogP contribution >= 0.6 is 11.3 Å². The minimum atomic E-state index is -1.12. The van der Waals surface area contributed by atoms with E-state index in [0.717, 1.165) is 17.8 Å². The van der Waals surface area contributed by atoms with Gasteiger partial charge in [0.25, 0.3) is 5.91 Å². The summed E-state index contributed by atoms with van der Waals surface area (Å²) >= 11 is 1.31. The number of aryl methyl sites for hydroxylation is 2. The zero-order valence-corrected chi connectivity index (χ0v) is 12.0. The van der Waals surface area contributed by atoms with Crippen LogP contribution in [-0.4, -0.2) is 41.7 Å². The van der Waals surface area contributed by atoms with Crippen LogP contribution in [0.25, 0.3) is 0 Å². The number of carbonyl (C=O) groups is 2. The molecular weight excluding hydrogens is 268 g/mol. The topological polar surface area (TPSA) is 88.5 Å². The van der Waals surface area contributed by atoms with Gasteiger partial charge in [0.15, 0.2) is 6.04 Å². The third kappa shape index (κ3) is 4.29. The van der Waals surface area contributed by atoms with Gasteiger partial charge in [0, 0.05) is 7.11 Å². The Bertz CT molecular complexity index is 459. The van der Waals surface area contributed by atoms with Crippen molar-refractivity contribution in [3.05, 3.63) is 15.6 Å². The Kier molecular flexibility index (Phi) is 5.91. The summed E-state index contributed by atoms with van der Waals surface area (Å²) in [7, 11) is 1.39. The number of ether oxygens (including phenoxy) is 1. The lowest BCUT2D eigenvalue weighted by molar-refractivity contribution is -0.140. The van der Waals surface area contributed by atoms with Gasteiger partial charge in [0.2, 0.25) is 0 Å². The number of aromatic nitrogens is 1. The number of thiazole rings is 1. The molecule has 0 aliphatic rings. The van der Waals surface area contributed by atoms with Gasteiger partial charge >= 0.3 is 5.97 Å². The van der Waals surface area contributed by atoms with Crippen LogP contribution in [0.2, 0.25) is 0 Å². The third-order valence-electron chi connectivity index (χ3n) is 2.45. The number of aliphatic carboxylic acids is 1. The fourth-order valence-electron chi connectivity index (χ4n) is 1.55. The fourth-order valence-corrected chi connectivity index (χ4v) is 2.62. The van der Waals surface area contributed by atoms with Crippen molar-refractivity contribution in [2.45, 2.75) is 32.7 Å². The van der Waals surface area contributed by atoms with Crippen LogP contribution < -0.4 is 5.32 Å². The molecule has 19 heavy (non-hydrogen) atoms. The van der Waals surface area contributed by atoms with Gasteiger partial charge in [-0.3, -0.25) is 4.79 Å². The maximum absolute atomic E-state index is 12.0. The van der Waals surface area contributed by atoms with E-state index in [-0.39, 0.29) is 6.61 Å². The Hall–Kier alpha value is -1.47. The molecular formula is C12H18N2O4S. The number of methoxy groups -OCH3 is 1. The lowest BCUT2D eigenvalue weighted by Crippen LogP contribution is -2.43. The Balaban J connectivity index is 2.79. The van der Waals surface area contributed by atoms with Crippen LogP contribution in [0.5, 0.6) is 0 Å². The Labute approximate surface area is 115 Å². The third-order valence-corrected chi connectivity index (χ3v) is 3.66. The second-order valence-corrected chi connectivity index (χ2v) is 5.18. The first-order valence-corrected chi connectivity index (χ1v) is 6.80. The first-order chi connectivity index (χ1) is 8.99. The smallest absolute Gasteiger partial charge is 0.328 e. The average molecular weight is 286 g/mol. The second-order valence-electron chi connectivity index (χ2n) is 4.09. The summed E-state index contributed by atoms with van der Waals surface area (Å²) in [4.78, 5) is 27.7. The van der Waals surface area contributed by atoms with E-state index in [0.29, 0.717) is 10.6 Å². The van der Waals surface area contributed by atoms with E-state index in [2.05, 4.69) is 10.3 Å². The molecule has 0 bridgehead atoms. The molecule has 0 saturated heterocycles. The van der Waals surface area contributed by atoms with Crippen LogP contribution in [0.3, 0.4) is 0 Å². The zero-order valence-electron chi connectivity index (χ0n) is 11.2. The highest BCUT2D eigenvalue weighted by atomic mass is 32.1. The summed E-state index contributed by atoms with van der Waals surface area (Å²) in [6.07, 6.45) is 1.77. The summed E-state index contributed by atoms with van der Waals surface area (Å²) in [5.41, 5.74) is 0.632. The van der Waals surface area contributed by atoms with Crippen molar-refractivity contribution in [2.24, 2.45) is 0 Å². The predicted octanol–water partition coefficient (Wildman–Crippen LogP) is 1.23. The molecule has 0 fully saturated rings. The lowest BCUT2D eigenvalue weighted by Gasteiger charge is -2.12. The SMILES string of the molecule is CCCc1nc(C)c(C(=O)NC(COC)C(=O)O)s1. The number of nitrogens with zero attached hydrogens (tertiary/aromatic N) is 1. The molecule has 2 N–H and O–H groups in total. The van der Waals surface area contributed by atoms with Crippen LogP contribution in [0.15, 0.2) is 0 Å². The maximum Gasteiger partial charge on any atom is 0.328 e. The predicted molar refractivity (Wildman–Crippen MR) is 71.6 cm³/mol. The number of rotatable bonds is 7. The van der Waals surface area contributed by atoms with Gasteiger partial charge < -0.3 is 15.2 Å². The first-order valence-electron chi connectivity index (χ1n) is 5.98. The zero-order chi connectivity index (χ0) is 14.4. The number of carboxylic acid groups (broad SMARTS) is 1. The van der Waals surface area contributed by atoms with Crippen molar-refractivity contribution in [2.75, 3.05) is 13.7 Å². The van der Waals surface area contributed by atoms with Crippen molar-refractivity contribution in [1.29, 1.82) is 0 Å². The molecule has 0 aliphatic heterocycles. The fraction of sp³-hybridized carbons (Fsp3) is 0.583. The number of hydrogen-bond donors (Lipinski definition) is 2. The summed E-state index contributed by atoms with van der Waals surface area (Å²) in [5, 5.41) is 12.3. The van der Waals surface area contributed by atoms with E-state index in [1.54, 1.807) is 6.92 Å². The van der Waals surface area contributed by atoms with Gasteiger partial charge in [-0.15, -0.1) is 11.3 Å². The van der Waals surface area contributed by atoms with E-state index < -0.39 is 17.9 Å². The molecule has 0 aliphatic carbocycles. The summed E-state index contributed by atoms with van der Waals surface area (Å²) < 4.78 is 4.77. The van der Waals surface area contributed by atoms with Crippen LogP contribution in [0.4, 0.5) is 0 Å². The van der Waals surface area contributed by atoms with E-state index in [1.165, 1.54) is 18.4 Å². The molecule has 6 nitrogen and oxygen atoms in total. The van der Waals surface area contributed by atoms with Gasteiger partial charge in [0.05, 0.1) is 17.3 Å². The number of carboxylic acids is 1. The minimum Gasteiger partial charge on any atom is -0.480 e. The number of amides is 1. The molecule has 0 aromatic carbocycles. The van der Waals surface area contributed by atoms with Crippen molar-refractivity contribution in [1.82, 2.24) is 10.3 Å². The van der Waals surface area contributed by atoms with Crippen LogP contribution in [0.1, 0.15) is 33.7 Å². The molecule has 1 rings (SSSR count). The minimum absolute atomic E-state index is 0.0687. The van der Waals surface area contributed by atoms with Gasteiger partial charge in [-0.25, -0.2) is 9.78 Å². The highest BCUT2D eigenvalue weighted by Gasteiger charge is 2.23. The normalized spacial score (nSPS) is 12.2. The van der Waals surface area contributed by atoms with Gasteiger partial charge in [-0.05, 0) is 19.8 Å². The summed E-state index contributed by atoms with van der Waals surface area (Å²) in [6.45, 7) is 3.72. The molecule has 7 heteroatoms. The largest absolute Gasteiger partial charge is 0.480 e. The second kappa shape index (κ2) is 7.20. The molecule has 1 aromatic rings. The standard InChI is InChI=1S/C12H18N2O4S/c1-4-5-9-13-7(2)10(19-9)11(15)14-8(6-18-3)12(16)17/h8H,4-6H2,1-3H3,(H,14,15)(H,16,17). The van der Waals surface area contributed by atoms with Crippen LogP contribution in [0, 0.1) is 6.92 Å². The van der Waals surface area contributed by atoms with Gasteiger partial charge in [-0.1, -0.05) is 6.92 Å². The molecule has 1 atom stereocenters. The molecule has 0 spiro atoms. The highest BCUT2D eigenvalue weighted by molar-refractivity contribution is 7.13.